The molecule has 2 aromatic rings. The third-order valence-electron chi connectivity index (χ3n) is 3.27. The quantitative estimate of drug-likeness (QED) is 0.823. The molecule has 0 amide bonds. The maximum absolute atomic E-state index is 12.4. The fourth-order valence-electron chi connectivity index (χ4n) is 2.20. The summed E-state index contributed by atoms with van der Waals surface area (Å²) in [4.78, 5) is 16.8. The number of ketones is 1. The Balaban J connectivity index is 0.000000924. The van der Waals surface area contributed by atoms with Gasteiger partial charge in [0.15, 0.2) is 5.78 Å². The van der Waals surface area contributed by atoms with Gasteiger partial charge >= 0.3 is 0 Å². The van der Waals surface area contributed by atoms with Gasteiger partial charge in [0.2, 0.25) is 0 Å². The molecule has 1 aliphatic rings. The lowest BCUT2D eigenvalue weighted by atomic mass is 10.0. The van der Waals surface area contributed by atoms with Gasteiger partial charge in [0.05, 0.1) is 11.6 Å². The molecule has 0 saturated carbocycles. The summed E-state index contributed by atoms with van der Waals surface area (Å²) in [7, 11) is 0. The summed E-state index contributed by atoms with van der Waals surface area (Å²) in [6.45, 7) is 5.65. The Kier molecular flexibility index (Phi) is 6.20. The van der Waals surface area contributed by atoms with Crippen molar-refractivity contribution in [1.82, 2.24) is 5.32 Å². The third-order valence-corrected chi connectivity index (χ3v) is 3.82. The third kappa shape index (κ3) is 4.12. The van der Waals surface area contributed by atoms with E-state index in [0.29, 0.717) is 21.2 Å². The molecule has 23 heavy (non-hydrogen) atoms. The Morgan fingerprint density at radius 3 is 2.35 bits per heavy atom. The lowest BCUT2D eigenvalue weighted by Crippen LogP contribution is -2.19. The van der Waals surface area contributed by atoms with Gasteiger partial charge in [-0.1, -0.05) is 61.3 Å². The lowest BCUT2D eigenvalue weighted by molar-refractivity contribution is 0.103. The average Bonchev–Trinajstić information content (AvgIpc) is 3.11. The second-order valence-electron chi connectivity index (χ2n) is 4.69. The molecule has 1 heterocycles. The molecule has 5 heteroatoms. The van der Waals surface area contributed by atoms with Gasteiger partial charge in [-0.05, 0) is 18.2 Å². The van der Waals surface area contributed by atoms with E-state index in [1.807, 2.05) is 26.0 Å². The summed E-state index contributed by atoms with van der Waals surface area (Å²) in [5.41, 5.74) is 2.01. The van der Waals surface area contributed by atoms with Crippen molar-refractivity contribution in [2.24, 2.45) is 4.99 Å². The molecule has 1 N–H and O–H groups in total. The minimum absolute atomic E-state index is 0.121. The zero-order valence-corrected chi connectivity index (χ0v) is 14.6. The van der Waals surface area contributed by atoms with Crippen LogP contribution in [0.3, 0.4) is 0 Å². The molecule has 0 spiro atoms. The summed E-state index contributed by atoms with van der Waals surface area (Å²) < 4.78 is 0. The topological polar surface area (TPSA) is 41.5 Å². The minimum atomic E-state index is -0.121. The fraction of sp³-hybridized carbons (Fsp3) is 0.222. The molecular formula is C18H18Cl2N2O. The van der Waals surface area contributed by atoms with E-state index in [1.165, 1.54) is 0 Å². The number of benzene rings is 2. The zero-order valence-electron chi connectivity index (χ0n) is 13.1. The van der Waals surface area contributed by atoms with Gasteiger partial charge in [0, 0.05) is 28.3 Å². The van der Waals surface area contributed by atoms with Crippen molar-refractivity contribution in [1.29, 1.82) is 0 Å². The minimum Gasteiger partial charge on any atom is -0.368 e. The molecule has 120 valence electrons. The summed E-state index contributed by atoms with van der Waals surface area (Å²) in [5.74, 6) is 0.753. The molecule has 3 rings (SSSR count). The second-order valence-corrected chi connectivity index (χ2v) is 5.53. The van der Waals surface area contributed by atoms with Crippen LogP contribution >= 0.6 is 23.2 Å². The first kappa shape index (κ1) is 17.5. The number of nitrogens with one attached hydrogen (secondary N) is 1. The summed E-state index contributed by atoms with van der Waals surface area (Å²) in [6.07, 6.45) is 0. The van der Waals surface area contributed by atoms with Crippen LogP contribution in [0.1, 0.15) is 35.3 Å². The SMILES string of the molecule is CC.O=C(c1ccc(C2=NCCN2)cc1)c1ccc(Cl)cc1Cl. The molecule has 2 aromatic carbocycles. The molecule has 0 aliphatic carbocycles. The van der Waals surface area contributed by atoms with Crippen LogP contribution in [0.15, 0.2) is 47.5 Å². The van der Waals surface area contributed by atoms with Gasteiger partial charge in [-0.3, -0.25) is 9.79 Å². The highest BCUT2D eigenvalue weighted by Gasteiger charge is 2.14. The summed E-state index contributed by atoms with van der Waals surface area (Å²) >= 11 is 11.9. The Hall–Kier alpha value is -1.84. The van der Waals surface area contributed by atoms with Gasteiger partial charge in [-0.15, -0.1) is 0 Å². The summed E-state index contributed by atoms with van der Waals surface area (Å²) in [6, 6.07) is 12.2. The van der Waals surface area contributed by atoms with Crippen LogP contribution in [0.25, 0.3) is 0 Å². The van der Waals surface area contributed by atoms with Crippen molar-refractivity contribution < 1.29 is 4.79 Å². The summed E-state index contributed by atoms with van der Waals surface area (Å²) in [5, 5.41) is 4.07. The first-order valence-corrected chi connectivity index (χ1v) is 8.29. The maximum Gasteiger partial charge on any atom is 0.194 e. The zero-order chi connectivity index (χ0) is 16.8. The van der Waals surface area contributed by atoms with Crippen molar-refractivity contribution in [2.45, 2.75) is 13.8 Å². The fourth-order valence-corrected chi connectivity index (χ4v) is 2.69. The highest BCUT2D eigenvalue weighted by Crippen LogP contribution is 2.23. The predicted octanol–water partition coefficient (Wildman–Crippen LogP) is 4.60. The van der Waals surface area contributed by atoms with Gasteiger partial charge in [0.25, 0.3) is 0 Å². The molecule has 0 atom stereocenters. The molecule has 0 bridgehead atoms. The number of amidine groups is 1. The highest BCUT2D eigenvalue weighted by molar-refractivity contribution is 6.37. The van der Waals surface area contributed by atoms with Gasteiger partial charge in [-0.2, -0.15) is 0 Å². The van der Waals surface area contributed by atoms with Crippen LogP contribution in [-0.4, -0.2) is 24.7 Å². The Morgan fingerprint density at radius 1 is 1.09 bits per heavy atom. The van der Waals surface area contributed by atoms with Crippen molar-refractivity contribution in [2.75, 3.05) is 13.1 Å². The van der Waals surface area contributed by atoms with E-state index in [9.17, 15) is 4.79 Å². The molecule has 0 aromatic heterocycles. The number of rotatable bonds is 3. The molecule has 3 nitrogen and oxygen atoms in total. The highest BCUT2D eigenvalue weighted by atomic mass is 35.5. The number of aliphatic imine (C=N–C) groups is 1. The molecule has 0 radical (unpaired) electrons. The number of halogens is 2. The van der Waals surface area contributed by atoms with Crippen LogP contribution in [0.2, 0.25) is 10.0 Å². The largest absolute Gasteiger partial charge is 0.368 e. The van der Waals surface area contributed by atoms with Gasteiger partial charge in [0.1, 0.15) is 5.84 Å². The molecule has 0 fully saturated rings. The first-order valence-electron chi connectivity index (χ1n) is 7.53. The van der Waals surface area contributed by atoms with E-state index in [1.54, 1.807) is 30.3 Å². The van der Waals surface area contributed by atoms with Crippen LogP contribution in [0.5, 0.6) is 0 Å². The van der Waals surface area contributed by atoms with Crippen molar-refractivity contribution in [3.8, 4) is 0 Å². The molecule has 1 aliphatic heterocycles. The van der Waals surface area contributed by atoms with Crippen LogP contribution in [0, 0.1) is 0 Å². The van der Waals surface area contributed by atoms with E-state index >= 15 is 0 Å². The Bertz CT molecular complexity index is 724. The maximum atomic E-state index is 12.4. The van der Waals surface area contributed by atoms with Crippen LogP contribution < -0.4 is 5.32 Å². The normalized spacial score (nSPS) is 12.8. The van der Waals surface area contributed by atoms with Crippen molar-refractivity contribution in [3.63, 3.8) is 0 Å². The first-order chi connectivity index (χ1) is 11.1. The second kappa shape index (κ2) is 8.14. The number of carbonyl (C=O) groups is 1. The van der Waals surface area contributed by atoms with Crippen molar-refractivity contribution in [3.05, 3.63) is 69.2 Å². The van der Waals surface area contributed by atoms with Crippen molar-refractivity contribution >= 4 is 34.8 Å². The number of carbonyl (C=O) groups excluding carboxylic acids is 1. The smallest absolute Gasteiger partial charge is 0.194 e. The Labute approximate surface area is 146 Å². The lowest BCUT2D eigenvalue weighted by Gasteiger charge is -2.06. The van der Waals surface area contributed by atoms with E-state index in [0.717, 1.165) is 24.5 Å². The van der Waals surface area contributed by atoms with E-state index in [4.69, 9.17) is 23.2 Å². The molecule has 0 unspecified atom stereocenters. The average molecular weight is 349 g/mol. The van der Waals surface area contributed by atoms with Crippen LogP contribution in [-0.2, 0) is 0 Å². The van der Waals surface area contributed by atoms with E-state index in [2.05, 4.69) is 10.3 Å². The van der Waals surface area contributed by atoms with E-state index in [-0.39, 0.29) is 5.78 Å². The monoisotopic (exact) mass is 348 g/mol. The van der Waals surface area contributed by atoms with Crippen LogP contribution in [0.4, 0.5) is 0 Å². The molecular weight excluding hydrogens is 331 g/mol. The number of hydrogen-bond acceptors (Lipinski definition) is 3. The van der Waals surface area contributed by atoms with Gasteiger partial charge in [-0.25, -0.2) is 0 Å². The number of hydrogen-bond donors (Lipinski definition) is 1. The van der Waals surface area contributed by atoms with Gasteiger partial charge < -0.3 is 5.32 Å². The molecule has 0 saturated heterocycles. The Morgan fingerprint density at radius 2 is 1.78 bits per heavy atom. The predicted molar refractivity (Wildman–Crippen MR) is 97.1 cm³/mol. The number of nitrogens with zero attached hydrogens (tertiary/aromatic N) is 1. The van der Waals surface area contributed by atoms with E-state index < -0.39 is 0 Å². The standard InChI is InChI=1S/C16H12Cl2N2O.C2H6/c17-12-5-6-13(14(18)9-12)15(21)10-1-3-11(4-2-10)16-19-7-8-20-16;1-2/h1-6,9H,7-8H2,(H,19,20);1-2H3.